The number of allylic oxidation sites excluding steroid dienone is 3. The number of rotatable bonds is 11. The van der Waals surface area contributed by atoms with Crippen LogP contribution in [0.5, 0.6) is 5.75 Å². The van der Waals surface area contributed by atoms with Crippen LogP contribution in [-0.2, 0) is 36.7 Å². The number of aliphatic imine (C=N–C) groups is 1. The van der Waals surface area contributed by atoms with E-state index in [4.69, 9.17) is 4.99 Å². The summed E-state index contributed by atoms with van der Waals surface area (Å²) >= 11 is 1.79. The molecule has 3 N–H and O–H groups in total. The Hall–Kier alpha value is -3.25. The first-order chi connectivity index (χ1) is 24.4. The SMILES string of the molecule is CCC(C)(CC)C(=O)/C=C(\O)C(C)(CC)CC.Cc1c(CC(C)C)sc2ccc(C3=CNCN=C3c3[c-]c4ccccc4c(C(C)(C)C)c3)c(O)c12.[Ir]. The minimum atomic E-state index is -0.337. The Morgan fingerprint density at radius 2 is 1.60 bits per heavy atom. The van der Waals surface area contributed by atoms with Crippen molar-refractivity contribution in [2.75, 3.05) is 6.67 Å². The zero-order valence-corrected chi connectivity index (χ0v) is 37.2. The average molecular weight is 914 g/mol. The number of nitrogens with one attached hydrogen (secondary N) is 1. The van der Waals surface area contributed by atoms with Crippen LogP contribution in [0, 0.1) is 29.7 Å². The number of aliphatic hydroxyl groups excluding tert-OH is 1. The fourth-order valence-electron chi connectivity index (χ4n) is 6.67. The number of thiophene rings is 1. The van der Waals surface area contributed by atoms with Crippen molar-refractivity contribution < 1.29 is 35.1 Å². The van der Waals surface area contributed by atoms with Gasteiger partial charge in [0.15, 0.2) is 5.78 Å². The average Bonchev–Trinajstić information content (AvgIpc) is 3.44. The van der Waals surface area contributed by atoms with E-state index in [2.05, 4.69) is 89.3 Å². The smallest absolute Gasteiger partial charge is 0.164 e. The molecule has 2 heterocycles. The fraction of sp³-hybridized carbons (Fsp3) is 0.478. The molecule has 53 heavy (non-hydrogen) atoms. The number of aryl methyl sites for hydroxylation is 1. The van der Waals surface area contributed by atoms with Gasteiger partial charge in [-0.3, -0.25) is 4.79 Å². The molecule has 0 bridgehead atoms. The van der Waals surface area contributed by atoms with Gasteiger partial charge >= 0.3 is 0 Å². The largest absolute Gasteiger partial charge is 0.512 e. The normalized spacial score (nSPS) is 13.9. The number of phenols is 1. The first-order valence-electron chi connectivity index (χ1n) is 19.1. The Morgan fingerprint density at radius 1 is 0.981 bits per heavy atom. The number of aromatic hydroxyl groups is 1. The summed E-state index contributed by atoms with van der Waals surface area (Å²) in [6.45, 7) is 25.9. The molecule has 0 aliphatic carbocycles. The van der Waals surface area contributed by atoms with Crippen LogP contribution < -0.4 is 5.32 Å². The predicted octanol–water partition coefficient (Wildman–Crippen LogP) is 12.4. The van der Waals surface area contributed by atoms with Crippen molar-refractivity contribution in [1.29, 1.82) is 0 Å². The van der Waals surface area contributed by atoms with E-state index in [1.807, 2.05) is 53.8 Å². The molecule has 1 radical (unpaired) electrons. The molecule has 3 aromatic carbocycles. The summed E-state index contributed by atoms with van der Waals surface area (Å²) in [5.74, 6) is 1.20. The molecule has 5 nitrogen and oxygen atoms in total. The molecule has 0 amide bonds. The molecule has 1 aliphatic heterocycles. The van der Waals surface area contributed by atoms with Gasteiger partial charge in [-0.25, -0.2) is 0 Å². The number of carbonyl (C=O) groups is 1. The minimum absolute atomic E-state index is 0. The topological polar surface area (TPSA) is 81.9 Å². The Labute approximate surface area is 336 Å². The Kier molecular flexibility index (Phi) is 14.9. The van der Waals surface area contributed by atoms with Crippen LogP contribution in [-0.4, -0.2) is 28.4 Å². The van der Waals surface area contributed by atoms with Gasteiger partial charge in [-0.05, 0) is 73.6 Å². The summed E-state index contributed by atoms with van der Waals surface area (Å²) in [4.78, 5) is 18.4. The van der Waals surface area contributed by atoms with E-state index in [-0.39, 0.29) is 47.9 Å². The summed E-state index contributed by atoms with van der Waals surface area (Å²) in [7, 11) is 0. The molecule has 0 atom stereocenters. The van der Waals surface area contributed by atoms with Crippen LogP contribution >= 0.6 is 11.3 Å². The van der Waals surface area contributed by atoms with E-state index < -0.39 is 0 Å². The number of nitrogens with zero attached hydrogens (tertiary/aromatic N) is 1. The van der Waals surface area contributed by atoms with Crippen LogP contribution in [0.2, 0.25) is 0 Å². The predicted molar refractivity (Wildman–Crippen MR) is 224 cm³/mol. The second-order valence-corrected chi connectivity index (χ2v) is 17.5. The quantitative estimate of drug-likeness (QED) is 0.0795. The number of phenolic OH excluding ortho intramolecular Hbond substituents is 1. The van der Waals surface area contributed by atoms with Gasteiger partial charge in [0.25, 0.3) is 0 Å². The molecule has 4 aromatic rings. The summed E-state index contributed by atoms with van der Waals surface area (Å²) in [5, 5.41) is 28.2. The fourth-order valence-corrected chi connectivity index (χ4v) is 8.10. The number of hydrogen-bond acceptors (Lipinski definition) is 6. The zero-order valence-electron chi connectivity index (χ0n) is 34.0. The van der Waals surface area contributed by atoms with E-state index >= 15 is 0 Å². The van der Waals surface area contributed by atoms with Crippen LogP contribution in [0.1, 0.15) is 129 Å². The maximum Gasteiger partial charge on any atom is 0.164 e. The standard InChI is InChI=1S/C31H33N2OS.C15H28O2.Ir/c1-18(2)13-27-19(3)28-26(35-27)12-11-23(30(28)34)24-16-32-17-33-29(24)21-14-20-9-7-8-10-22(20)25(15-21)31(4,5)6;1-7-14(5,8-2)12(16)11-13(17)15(6,9-3)10-4;/h7-12,15-16,18,32,34H,13,17H2,1-6H3;11,16H,7-10H2,1-6H3;/q-1;;/b;12-11-;. The number of ketones is 1. The first kappa shape index (κ1) is 44.1. The van der Waals surface area contributed by atoms with E-state index in [9.17, 15) is 15.0 Å². The number of fused-ring (bicyclic) bond motifs is 2. The monoisotopic (exact) mass is 914 g/mol. The van der Waals surface area contributed by atoms with Gasteiger partial charge in [-0.2, -0.15) is 0 Å². The second-order valence-electron chi connectivity index (χ2n) is 16.3. The summed E-state index contributed by atoms with van der Waals surface area (Å²) in [5.41, 5.74) is 5.37. The third-order valence-corrected chi connectivity index (χ3v) is 12.6. The maximum absolute atomic E-state index is 12.2. The van der Waals surface area contributed by atoms with Gasteiger partial charge in [0.05, 0.1) is 6.67 Å². The number of aliphatic hydroxyl groups is 1. The van der Waals surface area contributed by atoms with Gasteiger partial charge in [0.2, 0.25) is 0 Å². The van der Waals surface area contributed by atoms with Crippen LogP contribution in [0.15, 0.2) is 65.5 Å². The molecule has 5 rings (SSSR count). The van der Waals surface area contributed by atoms with Crippen molar-refractivity contribution in [2.24, 2.45) is 21.7 Å². The summed E-state index contributed by atoms with van der Waals surface area (Å²) in [6, 6.07) is 18.5. The Balaban J connectivity index is 0.000000359. The van der Waals surface area contributed by atoms with Crippen molar-refractivity contribution in [3.05, 3.63) is 93.7 Å². The van der Waals surface area contributed by atoms with Crippen LogP contribution in [0.4, 0.5) is 0 Å². The third-order valence-electron chi connectivity index (χ3n) is 11.3. The molecular weight excluding hydrogens is 853 g/mol. The van der Waals surface area contributed by atoms with E-state index in [0.717, 1.165) is 70.0 Å². The van der Waals surface area contributed by atoms with Crippen LogP contribution in [0.3, 0.4) is 0 Å². The molecule has 0 saturated heterocycles. The number of carbonyl (C=O) groups excluding carboxylic acids is 1. The zero-order chi connectivity index (χ0) is 38.6. The van der Waals surface area contributed by atoms with Crippen molar-refractivity contribution >= 4 is 49.3 Å². The van der Waals surface area contributed by atoms with Gasteiger partial charge in [0.1, 0.15) is 11.5 Å². The first-order valence-corrected chi connectivity index (χ1v) is 19.9. The minimum Gasteiger partial charge on any atom is -0.512 e. The number of hydrogen-bond donors (Lipinski definition) is 3. The third kappa shape index (κ3) is 9.53. The van der Waals surface area contributed by atoms with Crippen molar-refractivity contribution in [2.45, 2.75) is 121 Å². The van der Waals surface area contributed by atoms with Crippen molar-refractivity contribution in [1.82, 2.24) is 5.32 Å². The van der Waals surface area contributed by atoms with E-state index in [0.29, 0.717) is 18.3 Å². The molecular formula is C46H61IrN2O3S-. The second kappa shape index (κ2) is 17.9. The molecule has 0 saturated carbocycles. The molecule has 1 aliphatic rings. The molecule has 7 heteroatoms. The Bertz CT molecular complexity index is 2000. The maximum atomic E-state index is 12.2. The summed E-state index contributed by atoms with van der Waals surface area (Å²) in [6.07, 6.45) is 7.77. The number of benzene rings is 3. The van der Waals surface area contributed by atoms with Gasteiger partial charge in [0, 0.05) is 69.4 Å². The Morgan fingerprint density at radius 3 is 2.19 bits per heavy atom. The van der Waals surface area contributed by atoms with Crippen molar-refractivity contribution in [3.63, 3.8) is 0 Å². The summed E-state index contributed by atoms with van der Waals surface area (Å²) < 4.78 is 1.13. The molecule has 0 fully saturated rings. The molecule has 289 valence electrons. The molecule has 1 aromatic heterocycles. The van der Waals surface area contributed by atoms with Crippen molar-refractivity contribution in [3.8, 4) is 5.75 Å². The molecule has 0 spiro atoms. The van der Waals surface area contributed by atoms with Gasteiger partial charge in [-0.15, -0.1) is 40.5 Å². The van der Waals surface area contributed by atoms with E-state index in [1.54, 1.807) is 11.3 Å². The molecule has 0 unspecified atom stereocenters. The van der Waals surface area contributed by atoms with Crippen LogP contribution in [0.25, 0.3) is 26.4 Å². The van der Waals surface area contributed by atoms with Gasteiger partial charge < -0.3 is 20.5 Å². The van der Waals surface area contributed by atoms with E-state index in [1.165, 1.54) is 27.5 Å². The van der Waals surface area contributed by atoms with Gasteiger partial charge in [-0.1, -0.05) is 105 Å².